The SMILES string of the molecule is CC.CC.CNC(=O)Nc1ccc(OC)cc1.N#Cc1ccccn1.c1ccc2c(c1)OCCO2. The molecule has 0 fully saturated rings. The van der Waals surface area contributed by atoms with Crippen molar-refractivity contribution in [3.63, 3.8) is 0 Å². The zero-order valence-electron chi connectivity index (χ0n) is 21.4. The lowest BCUT2D eigenvalue weighted by molar-refractivity contribution is 0.171. The summed E-state index contributed by atoms with van der Waals surface area (Å²) in [5.74, 6) is 2.48. The van der Waals surface area contributed by atoms with E-state index in [0.717, 1.165) is 22.9 Å². The molecule has 4 rings (SSSR count). The highest BCUT2D eigenvalue weighted by Crippen LogP contribution is 2.28. The van der Waals surface area contributed by atoms with Gasteiger partial charge in [-0.15, -0.1) is 0 Å². The number of nitrogens with one attached hydrogen (secondary N) is 2. The summed E-state index contributed by atoms with van der Waals surface area (Å²) in [7, 11) is 3.17. The number of urea groups is 1. The van der Waals surface area contributed by atoms with Crippen LogP contribution < -0.4 is 24.8 Å². The first-order valence-corrected chi connectivity index (χ1v) is 11.4. The molecule has 2 amide bonds. The van der Waals surface area contributed by atoms with E-state index in [9.17, 15) is 4.79 Å². The summed E-state index contributed by atoms with van der Waals surface area (Å²) in [4.78, 5) is 14.6. The van der Waals surface area contributed by atoms with Crippen LogP contribution in [0.2, 0.25) is 0 Å². The molecule has 1 aliphatic rings. The van der Waals surface area contributed by atoms with Crippen molar-refractivity contribution in [3.8, 4) is 23.3 Å². The van der Waals surface area contributed by atoms with Crippen LogP contribution in [0.25, 0.3) is 0 Å². The fourth-order valence-corrected chi connectivity index (χ4v) is 2.29. The molecule has 2 N–H and O–H groups in total. The number of pyridine rings is 1. The highest BCUT2D eigenvalue weighted by atomic mass is 16.6. The summed E-state index contributed by atoms with van der Waals surface area (Å²) in [6, 6.07) is 21.7. The van der Waals surface area contributed by atoms with Gasteiger partial charge in [0.05, 0.1) is 7.11 Å². The largest absolute Gasteiger partial charge is 0.497 e. The number of carbonyl (C=O) groups is 1. The fourth-order valence-electron chi connectivity index (χ4n) is 2.29. The lowest BCUT2D eigenvalue weighted by Gasteiger charge is -2.17. The number of aromatic nitrogens is 1. The zero-order chi connectivity index (χ0) is 26.3. The highest BCUT2D eigenvalue weighted by molar-refractivity contribution is 5.88. The first-order chi connectivity index (χ1) is 17.2. The minimum Gasteiger partial charge on any atom is -0.497 e. The van der Waals surface area contributed by atoms with E-state index in [-0.39, 0.29) is 6.03 Å². The van der Waals surface area contributed by atoms with E-state index < -0.39 is 0 Å². The number of methoxy groups -OCH3 is 1. The van der Waals surface area contributed by atoms with Gasteiger partial charge >= 0.3 is 6.03 Å². The zero-order valence-corrected chi connectivity index (χ0v) is 21.4. The summed E-state index contributed by atoms with van der Waals surface area (Å²) in [5.41, 5.74) is 1.20. The fraction of sp³-hybridized carbons (Fsp3) is 0.296. The van der Waals surface area contributed by atoms with E-state index in [1.54, 1.807) is 62.8 Å². The Hall–Kier alpha value is -4.25. The predicted octanol–water partition coefficient (Wildman–Crippen LogP) is 5.91. The number of fused-ring (bicyclic) bond motifs is 1. The molecule has 35 heavy (non-hydrogen) atoms. The first kappa shape index (κ1) is 30.8. The molecule has 1 aliphatic heterocycles. The molecule has 0 bridgehead atoms. The smallest absolute Gasteiger partial charge is 0.318 e. The van der Waals surface area contributed by atoms with Gasteiger partial charge in [-0.2, -0.15) is 5.26 Å². The molecule has 0 aliphatic carbocycles. The second kappa shape index (κ2) is 20.4. The number of ether oxygens (including phenoxy) is 3. The molecule has 2 aromatic carbocycles. The van der Waals surface area contributed by atoms with Crippen LogP contribution in [0.1, 0.15) is 33.4 Å². The average molecular weight is 481 g/mol. The van der Waals surface area contributed by atoms with Crippen LogP contribution >= 0.6 is 0 Å². The molecule has 0 saturated heterocycles. The lowest BCUT2D eigenvalue weighted by atomic mass is 10.3. The number of benzene rings is 2. The number of rotatable bonds is 2. The number of nitriles is 1. The molecule has 0 atom stereocenters. The molecule has 188 valence electrons. The Bertz CT molecular complexity index is 949. The van der Waals surface area contributed by atoms with Gasteiger partial charge in [0, 0.05) is 18.9 Å². The van der Waals surface area contributed by atoms with E-state index >= 15 is 0 Å². The Kier molecular flexibility index (Phi) is 17.9. The van der Waals surface area contributed by atoms with E-state index in [2.05, 4.69) is 15.6 Å². The Morgan fingerprint density at radius 2 is 1.46 bits per heavy atom. The van der Waals surface area contributed by atoms with Crippen molar-refractivity contribution in [2.75, 3.05) is 32.7 Å². The maximum absolute atomic E-state index is 10.9. The third-order valence-electron chi connectivity index (χ3n) is 3.80. The van der Waals surface area contributed by atoms with E-state index in [4.69, 9.17) is 19.5 Å². The van der Waals surface area contributed by atoms with E-state index in [0.29, 0.717) is 18.9 Å². The van der Waals surface area contributed by atoms with Crippen molar-refractivity contribution < 1.29 is 19.0 Å². The number of anilines is 1. The lowest BCUT2D eigenvalue weighted by Crippen LogP contribution is -2.24. The van der Waals surface area contributed by atoms with Crippen LogP contribution in [0.15, 0.2) is 72.9 Å². The molecule has 8 heteroatoms. The minimum atomic E-state index is -0.231. The third-order valence-corrected chi connectivity index (χ3v) is 3.80. The molecule has 0 spiro atoms. The van der Waals surface area contributed by atoms with Gasteiger partial charge in [0.25, 0.3) is 0 Å². The third kappa shape index (κ3) is 13.1. The van der Waals surface area contributed by atoms with Crippen LogP contribution in [0.5, 0.6) is 17.2 Å². The molecular formula is C27H36N4O4. The molecule has 8 nitrogen and oxygen atoms in total. The monoisotopic (exact) mass is 480 g/mol. The molecule has 3 aromatic rings. The summed E-state index contributed by atoms with van der Waals surface area (Å²) in [6.45, 7) is 9.33. The van der Waals surface area contributed by atoms with E-state index in [1.807, 2.05) is 58.0 Å². The van der Waals surface area contributed by atoms with Crippen molar-refractivity contribution in [2.24, 2.45) is 0 Å². The van der Waals surface area contributed by atoms with E-state index in [1.165, 1.54) is 0 Å². The summed E-state index contributed by atoms with van der Waals surface area (Å²) >= 11 is 0. The molecule has 2 heterocycles. The van der Waals surface area contributed by atoms with Gasteiger partial charge in [-0.1, -0.05) is 45.9 Å². The van der Waals surface area contributed by atoms with Crippen LogP contribution in [-0.2, 0) is 0 Å². The van der Waals surface area contributed by atoms with Gasteiger partial charge in [0.1, 0.15) is 30.7 Å². The normalized spacial score (nSPS) is 9.74. The van der Waals surface area contributed by atoms with Crippen molar-refractivity contribution in [1.29, 1.82) is 5.26 Å². The Labute approximate surface area is 208 Å². The molecular weight excluding hydrogens is 444 g/mol. The summed E-state index contributed by atoms with van der Waals surface area (Å²) < 4.78 is 15.6. The maximum Gasteiger partial charge on any atom is 0.318 e. The number of carbonyl (C=O) groups excluding carboxylic acids is 1. The van der Waals surface area contributed by atoms with Crippen LogP contribution in [0.3, 0.4) is 0 Å². The highest BCUT2D eigenvalue weighted by Gasteiger charge is 2.08. The predicted molar refractivity (Wildman–Crippen MR) is 140 cm³/mol. The molecule has 1 aromatic heterocycles. The average Bonchev–Trinajstić information content (AvgIpc) is 2.96. The Balaban J connectivity index is 0.000000472. The molecule has 0 saturated carbocycles. The summed E-state index contributed by atoms with van der Waals surface area (Å²) in [5, 5.41) is 13.3. The van der Waals surface area contributed by atoms with Gasteiger partial charge < -0.3 is 24.8 Å². The van der Waals surface area contributed by atoms with Crippen molar-refractivity contribution >= 4 is 11.7 Å². The first-order valence-electron chi connectivity index (χ1n) is 11.4. The van der Waals surface area contributed by atoms with Crippen LogP contribution in [0.4, 0.5) is 10.5 Å². The summed E-state index contributed by atoms with van der Waals surface area (Å²) in [6.07, 6.45) is 1.60. The van der Waals surface area contributed by atoms with Gasteiger partial charge in [0.2, 0.25) is 0 Å². The maximum atomic E-state index is 10.9. The number of hydrogen-bond donors (Lipinski definition) is 2. The van der Waals surface area contributed by atoms with Crippen molar-refractivity contribution in [3.05, 3.63) is 78.6 Å². The van der Waals surface area contributed by atoms with Gasteiger partial charge in [-0.3, -0.25) is 0 Å². The number of para-hydroxylation sites is 2. The Morgan fingerprint density at radius 3 is 1.86 bits per heavy atom. The van der Waals surface area contributed by atoms with Gasteiger partial charge in [-0.25, -0.2) is 9.78 Å². The Morgan fingerprint density at radius 1 is 0.914 bits per heavy atom. The van der Waals surface area contributed by atoms with Crippen molar-refractivity contribution in [1.82, 2.24) is 10.3 Å². The molecule has 0 unspecified atom stereocenters. The van der Waals surface area contributed by atoms with Crippen molar-refractivity contribution in [2.45, 2.75) is 27.7 Å². The van der Waals surface area contributed by atoms with Crippen LogP contribution in [0, 0.1) is 11.3 Å². The number of nitrogens with zero attached hydrogens (tertiary/aromatic N) is 2. The standard InChI is InChI=1S/C9H12N2O2.C8H8O2.C6H4N2.2C2H6/c1-10-9(12)11-7-3-5-8(13-2)6-4-7;1-2-4-8-7(3-1)9-5-6-10-8;7-5-6-3-1-2-4-8-6;2*1-2/h3-6H,1-2H3,(H2,10,11,12);1-4H,5-6H2;1-4H;2*1-2H3. The van der Waals surface area contributed by atoms with Gasteiger partial charge in [-0.05, 0) is 48.5 Å². The number of amides is 2. The quantitative estimate of drug-likeness (QED) is 0.472. The topological polar surface area (TPSA) is 106 Å². The number of hydrogen-bond acceptors (Lipinski definition) is 6. The molecule has 0 radical (unpaired) electrons. The van der Waals surface area contributed by atoms with Gasteiger partial charge in [0.15, 0.2) is 11.5 Å². The minimum absolute atomic E-state index is 0.231. The second-order valence-electron chi connectivity index (χ2n) is 5.90. The van der Waals surface area contributed by atoms with Crippen LogP contribution in [-0.4, -0.2) is 38.4 Å². The second-order valence-corrected chi connectivity index (χ2v) is 5.90.